The van der Waals surface area contributed by atoms with E-state index in [9.17, 15) is 5.11 Å². The van der Waals surface area contributed by atoms with Crippen molar-refractivity contribution in [2.24, 2.45) is 5.92 Å². The lowest BCUT2D eigenvalue weighted by Crippen LogP contribution is -2.61. The van der Waals surface area contributed by atoms with Gasteiger partial charge in [0, 0.05) is 17.0 Å². The van der Waals surface area contributed by atoms with Crippen LogP contribution in [0.4, 0.5) is 0 Å². The predicted molar refractivity (Wildman–Crippen MR) is 127 cm³/mol. The Hall–Kier alpha value is -1.95. The summed E-state index contributed by atoms with van der Waals surface area (Å²) in [7, 11) is 5.66. The van der Waals surface area contributed by atoms with Crippen molar-refractivity contribution in [1.82, 2.24) is 4.90 Å². The number of hydrogen-bond donors (Lipinski definition) is 1. The van der Waals surface area contributed by atoms with Gasteiger partial charge in [-0.2, -0.15) is 0 Å². The van der Waals surface area contributed by atoms with Crippen molar-refractivity contribution in [1.29, 1.82) is 0 Å². The SMILES string of the molecule is COc1c(OCc2ccccc2)cc2c(c1OC)[C@]13CCN(C)[C@H](C2)[C@@H]1CCC(O)C3.Cl. The Kier molecular flexibility index (Phi) is 6.62. The second kappa shape index (κ2) is 9.12. The van der Waals surface area contributed by atoms with E-state index in [1.54, 1.807) is 14.2 Å². The molecule has 1 aliphatic heterocycles. The number of likely N-dealkylation sites (N-methyl/N-ethyl adjacent to an activating group) is 1. The fourth-order valence-electron chi connectivity index (χ4n) is 6.56. The highest BCUT2D eigenvalue weighted by Gasteiger charge is 2.56. The largest absolute Gasteiger partial charge is 0.492 e. The minimum Gasteiger partial charge on any atom is -0.492 e. The van der Waals surface area contributed by atoms with Gasteiger partial charge in [-0.3, -0.25) is 0 Å². The molecule has 0 aromatic heterocycles. The summed E-state index contributed by atoms with van der Waals surface area (Å²) in [5, 5.41) is 10.7. The zero-order valence-electron chi connectivity index (χ0n) is 19.2. The number of methoxy groups -OCH3 is 2. The van der Waals surface area contributed by atoms with Crippen molar-refractivity contribution in [2.75, 3.05) is 27.8 Å². The van der Waals surface area contributed by atoms with Crippen molar-refractivity contribution in [2.45, 2.75) is 56.3 Å². The summed E-state index contributed by atoms with van der Waals surface area (Å²) in [4.78, 5) is 2.52. The molecule has 5 rings (SSSR count). The molecule has 3 aliphatic rings. The summed E-state index contributed by atoms with van der Waals surface area (Å²) in [5.41, 5.74) is 3.60. The fourth-order valence-corrected chi connectivity index (χ4v) is 6.56. The highest BCUT2D eigenvalue weighted by molar-refractivity contribution is 5.85. The quantitative estimate of drug-likeness (QED) is 0.719. The Balaban J connectivity index is 0.00000245. The van der Waals surface area contributed by atoms with Gasteiger partial charge in [0.2, 0.25) is 5.75 Å². The number of rotatable bonds is 5. The lowest BCUT2D eigenvalue weighted by atomic mass is 9.51. The van der Waals surface area contributed by atoms with Gasteiger partial charge in [0.05, 0.1) is 20.3 Å². The first-order valence-electron chi connectivity index (χ1n) is 11.4. The van der Waals surface area contributed by atoms with E-state index in [0.29, 0.717) is 24.3 Å². The number of hydrogen-bond acceptors (Lipinski definition) is 5. The maximum atomic E-state index is 10.7. The number of fused-ring (bicyclic) bond motifs is 1. The Bertz CT molecular complexity index is 953. The van der Waals surface area contributed by atoms with Gasteiger partial charge in [0.25, 0.3) is 0 Å². The van der Waals surface area contributed by atoms with E-state index < -0.39 is 0 Å². The number of halogens is 1. The average molecular weight is 460 g/mol. The number of aliphatic hydroxyl groups is 1. The molecule has 0 amide bonds. The van der Waals surface area contributed by atoms with Crippen molar-refractivity contribution in [3.8, 4) is 17.2 Å². The lowest BCUT2D eigenvalue weighted by Gasteiger charge is -2.59. The van der Waals surface area contributed by atoms with Crippen molar-refractivity contribution in [3.63, 3.8) is 0 Å². The van der Waals surface area contributed by atoms with Crippen molar-refractivity contribution < 1.29 is 19.3 Å². The van der Waals surface area contributed by atoms with Crippen LogP contribution in [0.3, 0.4) is 0 Å². The van der Waals surface area contributed by atoms with E-state index in [1.807, 2.05) is 18.2 Å². The van der Waals surface area contributed by atoms with Crippen molar-refractivity contribution in [3.05, 3.63) is 53.1 Å². The van der Waals surface area contributed by atoms with Crippen LogP contribution < -0.4 is 14.2 Å². The molecule has 1 N–H and O–H groups in total. The topological polar surface area (TPSA) is 51.2 Å². The van der Waals surface area contributed by atoms with E-state index >= 15 is 0 Å². The predicted octanol–water partition coefficient (Wildman–Crippen LogP) is 4.36. The number of benzene rings is 2. The third kappa shape index (κ3) is 3.64. The molecular formula is C26H34ClNO4. The zero-order chi connectivity index (χ0) is 21.6. The summed E-state index contributed by atoms with van der Waals surface area (Å²) in [5.74, 6) is 2.73. The Morgan fingerprint density at radius 1 is 1.09 bits per heavy atom. The number of likely N-dealkylation sites (tertiary alicyclic amines) is 1. The van der Waals surface area contributed by atoms with Gasteiger partial charge in [-0.15, -0.1) is 12.4 Å². The number of nitrogens with zero attached hydrogens (tertiary/aromatic N) is 1. The summed E-state index contributed by atoms with van der Waals surface area (Å²) in [6.45, 7) is 1.53. The number of aliphatic hydroxyl groups excluding tert-OH is 1. The molecule has 2 aromatic carbocycles. The van der Waals surface area contributed by atoms with Crippen LogP contribution in [0.5, 0.6) is 17.2 Å². The van der Waals surface area contributed by atoms with E-state index in [2.05, 4.69) is 30.1 Å². The molecule has 1 saturated carbocycles. The monoisotopic (exact) mass is 459 g/mol. The molecule has 2 aromatic rings. The standard InChI is InChI=1S/C26H33NO4.ClH/c1-27-12-11-26-15-19(28)9-10-20(26)21(27)13-18-14-22(24(29-2)25(30-3)23(18)26)31-16-17-7-5-4-6-8-17;/h4-8,14,19-21,28H,9-13,15-16H2,1-3H3;1H/t19?,20-,21+,26-;/m0./s1. The summed E-state index contributed by atoms with van der Waals surface area (Å²) in [6, 6.07) is 12.8. The van der Waals surface area contributed by atoms with Gasteiger partial charge in [-0.1, -0.05) is 30.3 Å². The van der Waals surface area contributed by atoms with Crippen LogP contribution in [-0.2, 0) is 18.4 Å². The van der Waals surface area contributed by atoms with Crippen LogP contribution in [0.15, 0.2) is 36.4 Å². The van der Waals surface area contributed by atoms with Gasteiger partial charge in [-0.05, 0) is 68.8 Å². The second-order valence-corrected chi connectivity index (χ2v) is 9.45. The second-order valence-electron chi connectivity index (χ2n) is 9.45. The minimum absolute atomic E-state index is 0. The van der Waals surface area contributed by atoms with Gasteiger partial charge in [-0.25, -0.2) is 0 Å². The molecule has 1 unspecified atom stereocenters. The maximum Gasteiger partial charge on any atom is 0.203 e. The highest BCUT2D eigenvalue weighted by atomic mass is 35.5. The summed E-state index contributed by atoms with van der Waals surface area (Å²) in [6.07, 6.45) is 4.53. The van der Waals surface area contributed by atoms with Crippen LogP contribution in [-0.4, -0.2) is 50.0 Å². The number of piperidine rings is 1. The Labute approximate surface area is 197 Å². The molecule has 6 heteroatoms. The molecular weight excluding hydrogens is 426 g/mol. The molecule has 4 atom stereocenters. The molecule has 2 aliphatic carbocycles. The molecule has 2 fully saturated rings. The third-order valence-electron chi connectivity index (χ3n) is 7.92. The molecule has 174 valence electrons. The first kappa shape index (κ1) is 23.2. The molecule has 5 nitrogen and oxygen atoms in total. The third-order valence-corrected chi connectivity index (χ3v) is 7.92. The Morgan fingerprint density at radius 2 is 1.84 bits per heavy atom. The molecule has 1 saturated heterocycles. The van der Waals surface area contributed by atoms with E-state index in [0.717, 1.165) is 55.7 Å². The Morgan fingerprint density at radius 3 is 2.56 bits per heavy atom. The van der Waals surface area contributed by atoms with Crippen LogP contribution in [0.1, 0.15) is 42.4 Å². The van der Waals surface area contributed by atoms with E-state index in [4.69, 9.17) is 14.2 Å². The van der Waals surface area contributed by atoms with Crippen molar-refractivity contribution >= 4 is 12.4 Å². The highest BCUT2D eigenvalue weighted by Crippen LogP contribution is 2.60. The lowest BCUT2D eigenvalue weighted by molar-refractivity contribution is -0.0404. The van der Waals surface area contributed by atoms with Crippen LogP contribution in [0.25, 0.3) is 0 Å². The molecule has 32 heavy (non-hydrogen) atoms. The number of ether oxygens (including phenoxy) is 3. The smallest absolute Gasteiger partial charge is 0.203 e. The van der Waals surface area contributed by atoms with Gasteiger partial charge in [0.1, 0.15) is 6.61 Å². The normalized spacial score (nSPS) is 28.7. The molecule has 1 heterocycles. The van der Waals surface area contributed by atoms with Crippen LogP contribution in [0, 0.1) is 5.92 Å². The fraction of sp³-hybridized carbons (Fsp3) is 0.538. The van der Waals surface area contributed by atoms with Gasteiger partial charge >= 0.3 is 0 Å². The first-order valence-corrected chi connectivity index (χ1v) is 11.4. The first-order chi connectivity index (χ1) is 15.1. The molecule has 0 radical (unpaired) electrons. The molecule has 2 bridgehead atoms. The van der Waals surface area contributed by atoms with Gasteiger partial charge in [0.15, 0.2) is 11.5 Å². The zero-order valence-corrected chi connectivity index (χ0v) is 20.0. The summed E-state index contributed by atoms with van der Waals surface area (Å²) >= 11 is 0. The maximum absolute atomic E-state index is 10.7. The van der Waals surface area contributed by atoms with Crippen LogP contribution >= 0.6 is 12.4 Å². The van der Waals surface area contributed by atoms with E-state index in [1.165, 1.54) is 11.1 Å². The average Bonchev–Trinajstić information content (AvgIpc) is 2.79. The van der Waals surface area contributed by atoms with E-state index in [-0.39, 0.29) is 23.9 Å². The van der Waals surface area contributed by atoms with Gasteiger partial charge < -0.3 is 24.2 Å². The minimum atomic E-state index is -0.254. The molecule has 0 spiro atoms. The van der Waals surface area contributed by atoms with Crippen LogP contribution in [0.2, 0.25) is 0 Å². The summed E-state index contributed by atoms with van der Waals surface area (Å²) < 4.78 is 18.1.